The Balaban J connectivity index is 1.68. The molecule has 2 amide bonds. The molecule has 2 atom stereocenters. The lowest BCUT2D eigenvalue weighted by molar-refractivity contribution is -0.139. The first-order valence-electron chi connectivity index (χ1n) is 11.5. The summed E-state index contributed by atoms with van der Waals surface area (Å²) in [6.45, 7) is 4.15. The third-order valence-electron chi connectivity index (χ3n) is 6.32. The van der Waals surface area contributed by atoms with E-state index in [1.165, 1.54) is 12.7 Å². The minimum atomic E-state index is -0.736. The molecule has 0 aromatic heterocycles. The number of amides is 2. The molecule has 0 radical (unpaired) electrons. The van der Waals surface area contributed by atoms with Crippen molar-refractivity contribution in [2.75, 3.05) is 40.5 Å². The molecule has 1 fully saturated rings. The van der Waals surface area contributed by atoms with Gasteiger partial charge in [0.05, 0.1) is 32.4 Å². The Bertz CT molecular complexity index is 1070. The van der Waals surface area contributed by atoms with Crippen molar-refractivity contribution in [1.29, 1.82) is 0 Å². The van der Waals surface area contributed by atoms with E-state index >= 15 is 0 Å². The van der Waals surface area contributed by atoms with Gasteiger partial charge >= 0.3 is 12.0 Å². The van der Waals surface area contributed by atoms with Crippen molar-refractivity contribution in [1.82, 2.24) is 15.5 Å². The van der Waals surface area contributed by atoms with Crippen LogP contribution in [-0.2, 0) is 9.53 Å². The first-order valence-corrected chi connectivity index (χ1v) is 11.5. The third kappa shape index (κ3) is 4.87. The fourth-order valence-corrected chi connectivity index (χ4v) is 4.76. The zero-order chi connectivity index (χ0) is 24.1. The average Bonchev–Trinajstić information content (AvgIpc) is 3.32. The second-order valence-corrected chi connectivity index (χ2v) is 8.36. The average molecular weight is 466 g/mol. The van der Waals surface area contributed by atoms with E-state index in [2.05, 4.69) is 39.8 Å². The number of nitrogens with zero attached hydrogens (tertiary/aromatic N) is 1. The Kier molecular flexibility index (Phi) is 7.37. The summed E-state index contributed by atoms with van der Waals surface area (Å²) in [4.78, 5) is 28.1. The molecule has 8 nitrogen and oxygen atoms in total. The highest BCUT2D eigenvalue weighted by Crippen LogP contribution is 2.39. The molecule has 2 heterocycles. The van der Waals surface area contributed by atoms with Gasteiger partial charge in [0.15, 0.2) is 11.5 Å². The highest BCUT2D eigenvalue weighted by Gasteiger charge is 2.37. The second-order valence-electron chi connectivity index (χ2n) is 8.36. The Morgan fingerprint density at radius 2 is 1.88 bits per heavy atom. The van der Waals surface area contributed by atoms with Crippen LogP contribution in [0.4, 0.5) is 4.79 Å². The van der Waals surface area contributed by atoms with Crippen LogP contribution in [0.2, 0.25) is 0 Å². The summed E-state index contributed by atoms with van der Waals surface area (Å²) in [5.74, 6) is 0.921. The van der Waals surface area contributed by atoms with E-state index in [0.29, 0.717) is 40.8 Å². The summed E-state index contributed by atoms with van der Waals surface area (Å²) in [6, 6.07) is 14.7. The molecule has 2 aromatic carbocycles. The van der Waals surface area contributed by atoms with Gasteiger partial charge in [0.1, 0.15) is 0 Å². The number of carbonyl (C=O) groups is 2. The third-order valence-corrected chi connectivity index (χ3v) is 6.32. The summed E-state index contributed by atoms with van der Waals surface area (Å²) in [5, 5.41) is 5.74. The number of nitrogens with one attached hydrogen (secondary N) is 2. The van der Waals surface area contributed by atoms with Crippen molar-refractivity contribution in [3.05, 3.63) is 70.9 Å². The monoisotopic (exact) mass is 465 g/mol. The summed E-state index contributed by atoms with van der Waals surface area (Å²) in [5.41, 5.74) is 2.85. The van der Waals surface area contributed by atoms with Crippen molar-refractivity contribution >= 4 is 12.0 Å². The standard InChI is InChI=1S/C26H31N3O5/c1-4-34-25(30)22-20(16-29-14-13-18(15-29)17-9-6-5-7-10-17)27-26(31)28-23(22)19-11-8-12-21(32-2)24(19)33-3/h5-12,18,23H,4,13-16H2,1-3H3,(H2,27,28,31)/t18-,23-/m1/s1. The highest BCUT2D eigenvalue weighted by molar-refractivity contribution is 5.95. The van der Waals surface area contributed by atoms with Crippen LogP contribution in [0, 0.1) is 0 Å². The summed E-state index contributed by atoms with van der Waals surface area (Å²) in [7, 11) is 3.08. The molecule has 2 aliphatic heterocycles. The summed E-state index contributed by atoms with van der Waals surface area (Å²) >= 11 is 0. The fraction of sp³-hybridized carbons (Fsp3) is 0.385. The molecule has 34 heavy (non-hydrogen) atoms. The summed E-state index contributed by atoms with van der Waals surface area (Å²) in [6.07, 6.45) is 1.02. The molecular formula is C26H31N3O5. The van der Waals surface area contributed by atoms with Gasteiger partial charge in [0, 0.05) is 24.4 Å². The number of urea groups is 1. The van der Waals surface area contributed by atoms with Crippen molar-refractivity contribution in [2.24, 2.45) is 0 Å². The molecule has 2 N–H and O–H groups in total. The zero-order valence-corrected chi connectivity index (χ0v) is 19.8. The number of methoxy groups -OCH3 is 2. The van der Waals surface area contributed by atoms with Crippen LogP contribution in [0.3, 0.4) is 0 Å². The Morgan fingerprint density at radius 1 is 1.09 bits per heavy atom. The Labute approximate surface area is 199 Å². The number of para-hydroxylation sites is 1. The number of likely N-dealkylation sites (tertiary alicyclic amines) is 1. The van der Waals surface area contributed by atoms with E-state index in [9.17, 15) is 9.59 Å². The van der Waals surface area contributed by atoms with Crippen LogP contribution in [0.5, 0.6) is 11.5 Å². The predicted molar refractivity (Wildman–Crippen MR) is 128 cm³/mol. The van der Waals surface area contributed by atoms with Crippen LogP contribution < -0.4 is 20.1 Å². The van der Waals surface area contributed by atoms with Gasteiger partial charge in [-0.2, -0.15) is 0 Å². The minimum absolute atomic E-state index is 0.228. The molecule has 0 spiro atoms. The molecule has 0 bridgehead atoms. The van der Waals surface area contributed by atoms with Crippen LogP contribution >= 0.6 is 0 Å². The van der Waals surface area contributed by atoms with Gasteiger partial charge in [-0.05, 0) is 37.4 Å². The number of carbonyl (C=O) groups excluding carboxylic acids is 2. The van der Waals surface area contributed by atoms with Gasteiger partial charge in [-0.1, -0.05) is 42.5 Å². The van der Waals surface area contributed by atoms with Gasteiger partial charge in [0.2, 0.25) is 0 Å². The molecule has 0 unspecified atom stereocenters. The van der Waals surface area contributed by atoms with Gasteiger partial charge < -0.3 is 24.8 Å². The molecule has 2 aromatic rings. The van der Waals surface area contributed by atoms with Gasteiger partial charge in [-0.15, -0.1) is 0 Å². The fourth-order valence-electron chi connectivity index (χ4n) is 4.76. The van der Waals surface area contributed by atoms with E-state index in [-0.39, 0.29) is 12.6 Å². The van der Waals surface area contributed by atoms with E-state index in [4.69, 9.17) is 14.2 Å². The smallest absolute Gasteiger partial charge is 0.338 e. The first-order chi connectivity index (χ1) is 16.5. The number of rotatable bonds is 8. The number of hydrogen-bond acceptors (Lipinski definition) is 6. The lowest BCUT2D eigenvalue weighted by Gasteiger charge is -2.32. The number of hydrogen-bond donors (Lipinski definition) is 2. The molecular weight excluding hydrogens is 434 g/mol. The molecule has 180 valence electrons. The lowest BCUT2D eigenvalue weighted by atomic mass is 9.93. The van der Waals surface area contributed by atoms with Crippen molar-refractivity contribution in [3.63, 3.8) is 0 Å². The van der Waals surface area contributed by atoms with E-state index in [0.717, 1.165) is 19.5 Å². The topological polar surface area (TPSA) is 89.1 Å². The van der Waals surface area contributed by atoms with Crippen LogP contribution in [0.15, 0.2) is 59.8 Å². The van der Waals surface area contributed by atoms with Crippen LogP contribution in [0.1, 0.15) is 36.4 Å². The molecule has 2 aliphatic rings. The predicted octanol–water partition coefficient (Wildman–Crippen LogP) is 3.36. The van der Waals surface area contributed by atoms with Crippen molar-refractivity contribution < 1.29 is 23.8 Å². The zero-order valence-electron chi connectivity index (χ0n) is 19.8. The van der Waals surface area contributed by atoms with Crippen molar-refractivity contribution in [2.45, 2.75) is 25.3 Å². The minimum Gasteiger partial charge on any atom is -0.493 e. The quantitative estimate of drug-likeness (QED) is 0.581. The van der Waals surface area contributed by atoms with E-state index < -0.39 is 12.0 Å². The number of ether oxygens (including phenoxy) is 3. The van der Waals surface area contributed by atoms with Crippen LogP contribution in [0.25, 0.3) is 0 Å². The molecule has 0 aliphatic carbocycles. The van der Waals surface area contributed by atoms with Gasteiger partial charge in [0.25, 0.3) is 0 Å². The van der Waals surface area contributed by atoms with E-state index in [1.54, 1.807) is 26.2 Å². The lowest BCUT2D eigenvalue weighted by Crippen LogP contribution is -2.48. The molecule has 1 saturated heterocycles. The number of benzene rings is 2. The van der Waals surface area contributed by atoms with Gasteiger partial charge in [-0.3, -0.25) is 4.90 Å². The van der Waals surface area contributed by atoms with Crippen LogP contribution in [-0.4, -0.2) is 57.4 Å². The van der Waals surface area contributed by atoms with Crippen molar-refractivity contribution in [3.8, 4) is 11.5 Å². The number of esters is 1. The van der Waals surface area contributed by atoms with E-state index in [1.807, 2.05) is 12.1 Å². The molecule has 0 saturated carbocycles. The Hall–Kier alpha value is -3.52. The largest absolute Gasteiger partial charge is 0.493 e. The SMILES string of the molecule is CCOC(=O)C1=C(CN2CC[C@@H](c3ccccc3)C2)NC(=O)N[C@@H]1c1cccc(OC)c1OC. The first kappa shape index (κ1) is 23.6. The van der Waals surface area contributed by atoms with Gasteiger partial charge in [-0.25, -0.2) is 9.59 Å². The molecule has 8 heteroatoms. The summed E-state index contributed by atoms with van der Waals surface area (Å²) < 4.78 is 16.4. The molecule has 4 rings (SSSR count). The maximum Gasteiger partial charge on any atom is 0.338 e. The Morgan fingerprint density at radius 3 is 2.59 bits per heavy atom. The normalized spacial score (nSPS) is 20.5. The second kappa shape index (κ2) is 10.6. The maximum atomic E-state index is 13.2. The maximum absolute atomic E-state index is 13.2. The highest BCUT2D eigenvalue weighted by atomic mass is 16.5.